The van der Waals surface area contributed by atoms with Crippen LogP contribution in [0.25, 0.3) is 10.2 Å². The van der Waals surface area contributed by atoms with Crippen LogP contribution >= 0.6 is 11.3 Å². The number of benzene rings is 1. The number of hydrogen-bond donors (Lipinski definition) is 0. The smallest absolute Gasteiger partial charge is 0.298 e. The van der Waals surface area contributed by atoms with Crippen molar-refractivity contribution in [1.29, 1.82) is 0 Å². The third kappa shape index (κ3) is 3.45. The van der Waals surface area contributed by atoms with Crippen molar-refractivity contribution in [2.45, 2.75) is 18.9 Å². The van der Waals surface area contributed by atoms with Crippen LogP contribution in [-0.4, -0.2) is 43.4 Å². The SMILES string of the molecule is O=C(C1=COCCO1)N(CC1CCCO1)c1nc2ccc(F)cc2s1. The zero-order chi connectivity index (χ0) is 17.2. The van der Waals surface area contributed by atoms with Gasteiger partial charge in [-0.3, -0.25) is 9.69 Å². The molecular formula is C17H17FN2O4S. The minimum Gasteiger partial charge on any atom is -0.494 e. The van der Waals surface area contributed by atoms with Gasteiger partial charge in [-0.1, -0.05) is 11.3 Å². The zero-order valence-corrected chi connectivity index (χ0v) is 14.3. The van der Waals surface area contributed by atoms with Crippen molar-refractivity contribution in [3.8, 4) is 0 Å². The van der Waals surface area contributed by atoms with Crippen molar-refractivity contribution in [3.63, 3.8) is 0 Å². The first kappa shape index (κ1) is 16.3. The molecule has 2 aromatic rings. The summed E-state index contributed by atoms with van der Waals surface area (Å²) in [4.78, 5) is 19.0. The number of ether oxygens (including phenoxy) is 3. The molecule has 0 bridgehead atoms. The molecule has 0 aliphatic carbocycles. The molecule has 0 saturated carbocycles. The topological polar surface area (TPSA) is 60.9 Å². The number of nitrogens with zero attached hydrogens (tertiary/aromatic N) is 2. The highest BCUT2D eigenvalue weighted by Crippen LogP contribution is 2.31. The maximum atomic E-state index is 13.5. The number of carbonyl (C=O) groups is 1. The number of rotatable bonds is 4. The summed E-state index contributed by atoms with van der Waals surface area (Å²) in [5.41, 5.74) is 0.654. The summed E-state index contributed by atoms with van der Waals surface area (Å²) in [5, 5.41) is 0.496. The number of aromatic nitrogens is 1. The Morgan fingerprint density at radius 2 is 2.28 bits per heavy atom. The van der Waals surface area contributed by atoms with E-state index >= 15 is 0 Å². The Bertz CT molecular complexity index is 816. The molecule has 1 unspecified atom stereocenters. The Hall–Kier alpha value is -2.19. The van der Waals surface area contributed by atoms with Crippen LogP contribution in [0.1, 0.15) is 12.8 Å². The molecule has 25 heavy (non-hydrogen) atoms. The fourth-order valence-corrected chi connectivity index (χ4v) is 3.85. The van der Waals surface area contributed by atoms with Gasteiger partial charge >= 0.3 is 0 Å². The lowest BCUT2D eigenvalue weighted by Crippen LogP contribution is -2.39. The Labute approximate surface area is 147 Å². The lowest BCUT2D eigenvalue weighted by atomic mass is 10.2. The molecule has 1 amide bonds. The number of amides is 1. The van der Waals surface area contributed by atoms with Crippen molar-refractivity contribution in [1.82, 2.24) is 4.98 Å². The number of hydrogen-bond acceptors (Lipinski definition) is 6. The third-order valence-corrected chi connectivity index (χ3v) is 5.13. The molecule has 0 spiro atoms. The average Bonchev–Trinajstić information content (AvgIpc) is 3.28. The fraction of sp³-hybridized carbons (Fsp3) is 0.412. The molecule has 0 N–H and O–H groups in total. The van der Waals surface area contributed by atoms with Crippen LogP contribution in [0.2, 0.25) is 0 Å². The molecule has 1 fully saturated rings. The molecule has 4 rings (SSSR count). The number of halogens is 1. The monoisotopic (exact) mass is 364 g/mol. The van der Waals surface area contributed by atoms with Crippen molar-refractivity contribution in [2.24, 2.45) is 0 Å². The maximum absolute atomic E-state index is 13.5. The Balaban J connectivity index is 1.67. The van der Waals surface area contributed by atoms with E-state index in [1.165, 1.54) is 29.7 Å². The van der Waals surface area contributed by atoms with Gasteiger partial charge in [-0.15, -0.1) is 0 Å². The molecule has 1 aromatic heterocycles. The summed E-state index contributed by atoms with van der Waals surface area (Å²) in [6, 6.07) is 4.39. The molecule has 1 saturated heterocycles. The molecule has 6 nitrogen and oxygen atoms in total. The first-order chi connectivity index (χ1) is 12.2. The second-order valence-electron chi connectivity index (χ2n) is 5.86. The van der Waals surface area contributed by atoms with E-state index in [0.29, 0.717) is 41.7 Å². The van der Waals surface area contributed by atoms with Gasteiger partial charge in [0.25, 0.3) is 5.91 Å². The summed E-state index contributed by atoms with van der Waals surface area (Å²) in [5.74, 6) is -0.504. The molecule has 1 atom stereocenters. The molecule has 3 heterocycles. The van der Waals surface area contributed by atoms with Gasteiger partial charge in [-0.25, -0.2) is 9.37 Å². The maximum Gasteiger partial charge on any atom is 0.298 e. The predicted octanol–water partition coefficient (Wildman–Crippen LogP) is 2.84. The minimum atomic E-state index is -0.327. The van der Waals surface area contributed by atoms with Gasteiger partial charge < -0.3 is 14.2 Å². The van der Waals surface area contributed by atoms with Crippen LogP contribution in [0.3, 0.4) is 0 Å². The quantitative estimate of drug-likeness (QED) is 0.835. The molecule has 2 aliphatic heterocycles. The van der Waals surface area contributed by atoms with E-state index in [4.69, 9.17) is 14.2 Å². The fourth-order valence-electron chi connectivity index (χ4n) is 2.86. The Morgan fingerprint density at radius 1 is 1.36 bits per heavy atom. The van der Waals surface area contributed by atoms with Crippen LogP contribution in [-0.2, 0) is 19.0 Å². The number of carbonyl (C=O) groups excluding carboxylic acids is 1. The molecule has 132 valence electrons. The molecule has 8 heteroatoms. The predicted molar refractivity (Wildman–Crippen MR) is 90.9 cm³/mol. The van der Waals surface area contributed by atoms with Crippen LogP contribution < -0.4 is 4.90 Å². The van der Waals surface area contributed by atoms with Gasteiger partial charge in [0.15, 0.2) is 5.13 Å². The molecule has 0 radical (unpaired) electrons. The number of anilines is 1. The average molecular weight is 364 g/mol. The van der Waals surface area contributed by atoms with Gasteiger partial charge in [0.2, 0.25) is 5.76 Å². The van der Waals surface area contributed by atoms with Gasteiger partial charge in [-0.2, -0.15) is 0 Å². The van der Waals surface area contributed by atoms with Gasteiger partial charge in [-0.05, 0) is 31.0 Å². The first-order valence-corrected chi connectivity index (χ1v) is 8.96. The minimum absolute atomic E-state index is 0.0437. The Kier molecular flexibility index (Phi) is 4.54. The second kappa shape index (κ2) is 6.97. The van der Waals surface area contributed by atoms with Crippen LogP contribution in [0.5, 0.6) is 0 Å². The highest BCUT2D eigenvalue weighted by molar-refractivity contribution is 7.22. The highest BCUT2D eigenvalue weighted by Gasteiger charge is 2.30. The number of thiazole rings is 1. The Morgan fingerprint density at radius 3 is 3.04 bits per heavy atom. The first-order valence-electron chi connectivity index (χ1n) is 8.15. The third-order valence-electron chi connectivity index (χ3n) is 4.09. The molecule has 1 aromatic carbocycles. The van der Waals surface area contributed by atoms with Gasteiger partial charge in [0, 0.05) is 6.61 Å². The van der Waals surface area contributed by atoms with E-state index in [2.05, 4.69) is 4.98 Å². The second-order valence-corrected chi connectivity index (χ2v) is 6.87. The van der Waals surface area contributed by atoms with E-state index in [1.807, 2.05) is 0 Å². The normalized spacial score (nSPS) is 20.0. The summed E-state index contributed by atoms with van der Waals surface area (Å²) in [6.45, 7) is 1.82. The summed E-state index contributed by atoms with van der Waals surface area (Å²) in [7, 11) is 0. The van der Waals surface area contributed by atoms with E-state index in [-0.39, 0.29) is 23.6 Å². The van der Waals surface area contributed by atoms with Crippen LogP contribution in [0.15, 0.2) is 30.2 Å². The molecular weight excluding hydrogens is 347 g/mol. The van der Waals surface area contributed by atoms with E-state index < -0.39 is 0 Å². The van der Waals surface area contributed by atoms with E-state index in [0.717, 1.165) is 12.8 Å². The lowest BCUT2D eigenvalue weighted by Gasteiger charge is -2.25. The van der Waals surface area contributed by atoms with Crippen LogP contribution in [0.4, 0.5) is 9.52 Å². The van der Waals surface area contributed by atoms with Crippen molar-refractivity contribution >= 4 is 32.6 Å². The summed E-state index contributed by atoms with van der Waals surface area (Å²) in [6.07, 6.45) is 3.15. The standard InChI is InChI=1S/C17H17FN2O4S/c18-11-3-4-13-15(8-11)25-17(19-13)20(9-12-2-1-5-23-12)16(21)14-10-22-6-7-24-14/h3-4,8,10,12H,1-2,5-7,9H2. The number of fused-ring (bicyclic) bond motifs is 1. The zero-order valence-electron chi connectivity index (χ0n) is 13.4. The largest absolute Gasteiger partial charge is 0.494 e. The van der Waals surface area contributed by atoms with Crippen molar-refractivity contribution in [2.75, 3.05) is 31.3 Å². The highest BCUT2D eigenvalue weighted by atomic mass is 32.1. The van der Waals surface area contributed by atoms with E-state index in [1.54, 1.807) is 11.0 Å². The molecule has 2 aliphatic rings. The van der Waals surface area contributed by atoms with Gasteiger partial charge in [0.1, 0.15) is 25.3 Å². The van der Waals surface area contributed by atoms with Crippen LogP contribution in [0, 0.1) is 5.82 Å². The van der Waals surface area contributed by atoms with Crippen molar-refractivity contribution in [3.05, 3.63) is 36.0 Å². The van der Waals surface area contributed by atoms with Crippen molar-refractivity contribution < 1.29 is 23.4 Å². The van der Waals surface area contributed by atoms with Gasteiger partial charge in [0.05, 0.1) is 22.9 Å². The lowest BCUT2D eigenvalue weighted by molar-refractivity contribution is -0.120. The summed E-state index contributed by atoms with van der Waals surface area (Å²) < 4.78 is 30.4. The summed E-state index contributed by atoms with van der Waals surface area (Å²) >= 11 is 1.27. The van der Waals surface area contributed by atoms with E-state index in [9.17, 15) is 9.18 Å².